The summed E-state index contributed by atoms with van der Waals surface area (Å²) >= 11 is 12.1. The van der Waals surface area contributed by atoms with Crippen molar-refractivity contribution in [2.45, 2.75) is 12.5 Å². The average molecular weight is 522 g/mol. The Kier molecular flexibility index (Phi) is 8.95. The molecule has 3 aromatic rings. The molecule has 1 aromatic carbocycles. The van der Waals surface area contributed by atoms with Gasteiger partial charge in [-0.3, -0.25) is 14.6 Å². The number of aliphatic hydroxyl groups excluding tert-OH is 1. The summed E-state index contributed by atoms with van der Waals surface area (Å²) in [5.74, 6) is -1.35. The molecule has 0 aliphatic rings. The third-order valence-electron chi connectivity index (χ3n) is 4.53. The van der Waals surface area contributed by atoms with Crippen LogP contribution >= 0.6 is 23.2 Å². The number of aliphatic carboxylic acids is 1. The second kappa shape index (κ2) is 12.1. The molecule has 1 atom stereocenters. The smallest absolute Gasteiger partial charge is 0.322 e. The number of methoxy groups -OCH3 is 1. The van der Waals surface area contributed by atoms with E-state index in [4.69, 9.17) is 33.0 Å². The van der Waals surface area contributed by atoms with E-state index in [1.807, 2.05) is 0 Å². The summed E-state index contributed by atoms with van der Waals surface area (Å²) in [4.78, 5) is 40.2. The van der Waals surface area contributed by atoms with E-state index in [1.54, 1.807) is 24.3 Å². The molecule has 35 heavy (non-hydrogen) atoms. The Labute approximate surface area is 209 Å². The fourth-order valence-corrected chi connectivity index (χ4v) is 3.50. The van der Waals surface area contributed by atoms with Gasteiger partial charge in [-0.2, -0.15) is 15.0 Å². The highest BCUT2D eigenvalue weighted by Crippen LogP contribution is 2.26. The van der Waals surface area contributed by atoms with E-state index in [9.17, 15) is 14.7 Å². The number of carbonyl (C=O) groups excluding carboxylic acids is 1. The molecule has 0 aliphatic heterocycles. The van der Waals surface area contributed by atoms with Gasteiger partial charge in [0.25, 0.3) is 5.91 Å². The van der Waals surface area contributed by atoms with E-state index in [-0.39, 0.29) is 53.1 Å². The van der Waals surface area contributed by atoms with Gasteiger partial charge in [0.1, 0.15) is 0 Å². The van der Waals surface area contributed by atoms with Crippen LogP contribution in [0.2, 0.25) is 10.0 Å². The Hall–Kier alpha value is -3.74. The number of aromatic nitrogens is 4. The lowest BCUT2D eigenvalue weighted by Gasteiger charge is -2.18. The van der Waals surface area contributed by atoms with Crippen LogP contribution in [0.4, 0.5) is 17.6 Å². The fourth-order valence-electron chi connectivity index (χ4n) is 2.96. The zero-order chi connectivity index (χ0) is 25.4. The first kappa shape index (κ1) is 25.9. The van der Waals surface area contributed by atoms with Gasteiger partial charge in [0.05, 0.1) is 41.8 Å². The molecule has 0 radical (unpaired) electrons. The van der Waals surface area contributed by atoms with Gasteiger partial charge in [0.2, 0.25) is 11.9 Å². The van der Waals surface area contributed by atoms with Crippen LogP contribution < -0.4 is 20.7 Å². The van der Waals surface area contributed by atoms with Crippen LogP contribution in [0.5, 0.6) is 6.01 Å². The van der Waals surface area contributed by atoms with Gasteiger partial charge in [0, 0.05) is 24.6 Å². The number of nitrogens with zero attached hydrogens (tertiary/aromatic N) is 4. The topological polar surface area (TPSA) is 171 Å². The molecule has 12 nitrogen and oxygen atoms in total. The molecule has 1 amide bonds. The summed E-state index contributed by atoms with van der Waals surface area (Å²) in [6.07, 6.45) is 2.34. The van der Waals surface area contributed by atoms with Gasteiger partial charge >= 0.3 is 12.0 Å². The number of nitrogens with one attached hydrogen (secondary N) is 3. The van der Waals surface area contributed by atoms with E-state index in [0.717, 1.165) is 0 Å². The maximum Gasteiger partial charge on any atom is 0.322 e. The van der Waals surface area contributed by atoms with E-state index >= 15 is 0 Å². The maximum absolute atomic E-state index is 12.6. The number of pyridine rings is 1. The zero-order valence-electron chi connectivity index (χ0n) is 18.3. The summed E-state index contributed by atoms with van der Waals surface area (Å²) in [6.45, 7) is 0.0646. The number of carbonyl (C=O) groups is 2. The molecule has 0 spiro atoms. The van der Waals surface area contributed by atoms with Crippen molar-refractivity contribution in [2.75, 3.05) is 36.2 Å². The Morgan fingerprint density at radius 3 is 2.31 bits per heavy atom. The quantitative estimate of drug-likeness (QED) is 0.251. The molecule has 2 heterocycles. The molecule has 0 fully saturated rings. The summed E-state index contributed by atoms with van der Waals surface area (Å²) in [7, 11) is 1.38. The summed E-state index contributed by atoms with van der Waals surface area (Å²) in [5, 5.41) is 27.1. The number of hydrogen-bond acceptors (Lipinski definition) is 10. The van der Waals surface area contributed by atoms with Crippen molar-refractivity contribution < 1.29 is 24.5 Å². The zero-order valence-corrected chi connectivity index (χ0v) is 19.8. The minimum absolute atomic E-state index is 0.00325. The highest BCUT2D eigenvalue weighted by Gasteiger charge is 2.19. The monoisotopic (exact) mass is 521 g/mol. The first-order valence-corrected chi connectivity index (χ1v) is 10.9. The number of amides is 1. The predicted molar refractivity (Wildman–Crippen MR) is 129 cm³/mol. The van der Waals surface area contributed by atoms with Crippen LogP contribution in [0, 0.1) is 0 Å². The molecule has 0 saturated heterocycles. The molecular weight excluding hydrogens is 501 g/mol. The van der Waals surface area contributed by atoms with Gasteiger partial charge in [-0.15, -0.1) is 0 Å². The summed E-state index contributed by atoms with van der Waals surface area (Å²) < 4.78 is 5.07. The van der Waals surface area contributed by atoms with Crippen molar-refractivity contribution in [3.63, 3.8) is 0 Å². The Balaban J connectivity index is 1.80. The number of benzene rings is 1. The Bertz CT molecular complexity index is 1180. The number of anilines is 3. The number of aliphatic hydroxyl groups is 1. The number of carboxylic acids is 1. The van der Waals surface area contributed by atoms with Gasteiger partial charge in [-0.1, -0.05) is 35.3 Å². The number of hydrogen-bond donors (Lipinski definition) is 5. The van der Waals surface area contributed by atoms with E-state index in [2.05, 4.69) is 35.9 Å². The van der Waals surface area contributed by atoms with Crippen LogP contribution in [0.15, 0.2) is 36.7 Å². The normalized spacial score (nSPS) is 11.4. The SMILES string of the molecule is COc1nc(NCCO)nc(NC(CC(=O)O)c2ccc(NC(=O)c3c(Cl)cncc3Cl)cc2)n1. The van der Waals surface area contributed by atoms with Crippen LogP contribution in [0.3, 0.4) is 0 Å². The molecule has 1 unspecified atom stereocenters. The van der Waals surface area contributed by atoms with Gasteiger partial charge in [-0.25, -0.2) is 0 Å². The first-order chi connectivity index (χ1) is 16.8. The van der Waals surface area contributed by atoms with Crippen LogP contribution in [0.25, 0.3) is 0 Å². The van der Waals surface area contributed by atoms with Gasteiger partial charge < -0.3 is 30.9 Å². The number of carboxylic acid groups (broad SMARTS) is 1. The van der Waals surface area contributed by atoms with E-state index in [0.29, 0.717) is 11.3 Å². The maximum atomic E-state index is 12.6. The lowest BCUT2D eigenvalue weighted by atomic mass is 10.0. The lowest BCUT2D eigenvalue weighted by Crippen LogP contribution is -2.19. The molecular formula is C21H21Cl2N7O5. The highest BCUT2D eigenvalue weighted by molar-refractivity contribution is 6.40. The molecule has 0 bridgehead atoms. The molecule has 0 aliphatic carbocycles. The van der Waals surface area contributed by atoms with E-state index in [1.165, 1.54) is 19.5 Å². The standard InChI is InChI=1S/C21H21Cl2N7O5/c1-35-21-29-19(25-6-7-31)28-20(30-21)27-15(8-16(32)33)11-2-4-12(5-3-11)26-18(34)17-13(22)9-24-10-14(17)23/h2-5,9-10,15,31H,6-8H2,1H3,(H,26,34)(H,32,33)(H2,25,27,28,29,30). The van der Waals surface area contributed by atoms with Crippen molar-refractivity contribution in [3.8, 4) is 6.01 Å². The molecule has 14 heteroatoms. The van der Waals surface area contributed by atoms with Crippen LogP contribution in [-0.2, 0) is 4.79 Å². The van der Waals surface area contributed by atoms with Crippen molar-refractivity contribution in [2.24, 2.45) is 0 Å². The highest BCUT2D eigenvalue weighted by atomic mass is 35.5. The third kappa shape index (κ3) is 7.12. The fraction of sp³-hybridized carbons (Fsp3) is 0.238. The van der Waals surface area contributed by atoms with E-state index < -0.39 is 17.9 Å². The lowest BCUT2D eigenvalue weighted by molar-refractivity contribution is -0.137. The minimum atomic E-state index is -1.05. The van der Waals surface area contributed by atoms with Crippen LogP contribution in [-0.4, -0.2) is 62.3 Å². The molecule has 0 saturated carbocycles. The molecule has 5 N–H and O–H groups in total. The minimum Gasteiger partial charge on any atom is -0.481 e. The Morgan fingerprint density at radius 2 is 1.71 bits per heavy atom. The molecule has 3 rings (SSSR count). The third-order valence-corrected chi connectivity index (χ3v) is 5.10. The summed E-state index contributed by atoms with van der Waals surface area (Å²) in [6, 6.07) is 5.79. The first-order valence-electron chi connectivity index (χ1n) is 10.1. The Morgan fingerprint density at radius 1 is 1.06 bits per heavy atom. The van der Waals surface area contributed by atoms with Crippen molar-refractivity contribution in [3.05, 3.63) is 57.8 Å². The molecule has 2 aromatic heterocycles. The average Bonchev–Trinajstić information content (AvgIpc) is 2.82. The van der Waals surface area contributed by atoms with Gasteiger partial charge in [-0.05, 0) is 17.7 Å². The second-order valence-electron chi connectivity index (χ2n) is 6.97. The largest absolute Gasteiger partial charge is 0.481 e. The predicted octanol–water partition coefficient (Wildman–Crippen LogP) is 2.87. The molecule has 184 valence electrons. The number of rotatable bonds is 11. The van der Waals surface area contributed by atoms with Crippen molar-refractivity contribution in [1.82, 2.24) is 19.9 Å². The van der Waals surface area contributed by atoms with Crippen molar-refractivity contribution >= 4 is 52.7 Å². The summed E-state index contributed by atoms with van der Waals surface area (Å²) in [5.41, 5.74) is 1.12. The van der Waals surface area contributed by atoms with Crippen LogP contribution in [0.1, 0.15) is 28.4 Å². The van der Waals surface area contributed by atoms with Gasteiger partial charge in [0.15, 0.2) is 0 Å². The number of ether oxygens (including phenoxy) is 1. The van der Waals surface area contributed by atoms with Crippen molar-refractivity contribution in [1.29, 1.82) is 0 Å². The second-order valence-corrected chi connectivity index (χ2v) is 7.78. The number of halogens is 2.